The molecule has 6 nitrogen and oxygen atoms in total. The minimum atomic E-state index is -0.165. The Kier molecular flexibility index (Phi) is 9.26. The van der Waals surface area contributed by atoms with Crippen LogP contribution in [0.2, 0.25) is 5.02 Å². The zero-order chi connectivity index (χ0) is 20.0. The molecule has 0 spiro atoms. The van der Waals surface area contributed by atoms with E-state index in [1.165, 1.54) is 5.56 Å². The van der Waals surface area contributed by atoms with Crippen molar-refractivity contribution in [1.29, 1.82) is 0 Å². The molecule has 0 saturated carbocycles. The quantitative estimate of drug-likeness (QED) is 0.334. The van der Waals surface area contributed by atoms with Crippen LogP contribution in [0.4, 0.5) is 0 Å². The van der Waals surface area contributed by atoms with Crippen molar-refractivity contribution in [3.8, 4) is 0 Å². The number of hydrogen-bond donors (Lipinski definition) is 2. The molecule has 1 fully saturated rings. The van der Waals surface area contributed by atoms with Gasteiger partial charge in [0.25, 0.3) is 0 Å². The van der Waals surface area contributed by atoms with Crippen LogP contribution < -0.4 is 10.6 Å². The lowest BCUT2D eigenvalue weighted by Gasteiger charge is -2.42. The molecule has 1 aliphatic rings. The minimum Gasteiger partial charge on any atom is -0.467 e. The molecule has 1 aliphatic heterocycles. The number of guanidine groups is 1. The summed E-state index contributed by atoms with van der Waals surface area (Å²) in [7, 11) is 1.77. The van der Waals surface area contributed by atoms with Crippen LogP contribution in [0.15, 0.2) is 52.1 Å². The van der Waals surface area contributed by atoms with Gasteiger partial charge in [-0.1, -0.05) is 23.7 Å². The third-order valence-electron chi connectivity index (χ3n) is 4.85. The number of nitrogens with zero attached hydrogens (tertiary/aromatic N) is 2. The number of morpholine rings is 1. The van der Waals surface area contributed by atoms with E-state index in [1.54, 1.807) is 13.3 Å². The summed E-state index contributed by atoms with van der Waals surface area (Å²) >= 11 is 6.10. The Bertz CT molecular complexity index is 765. The van der Waals surface area contributed by atoms with Gasteiger partial charge in [0.05, 0.1) is 31.1 Å². The Morgan fingerprint density at radius 2 is 2.00 bits per heavy atom. The van der Waals surface area contributed by atoms with Crippen LogP contribution in [0.5, 0.6) is 0 Å². The third kappa shape index (κ3) is 7.16. The molecule has 160 valence electrons. The minimum absolute atomic E-state index is 0. The van der Waals surface area contributed by atoms with Gasteiger partial charge >= 0.3 is 0 Å². The summed E-state index contributed by atoms with van der Waals surface area (Å²) < 4.78 is 11.3. The van der Waals surface area contributed by atoms with Crippen molar-refractivity contribution in [3.63, 3.8) is 0 Å². The zero-order valence-electron chi connectivity index (χ0n) is 17.2. The van der Waals surface area contributed by atoms with Gasteiger partial charge in [-0.3, -0.25) is 9.89 Å². The Balaban J connectivity index is 0.00000300. The van der Waals surface area contributed by atoms with Crippen LogP contribution in [0, 0.1) is 0 Å². The fourth-order valence-corrected chi connectivity index (χ4v) is 3.59. The summed E-state index contributed by atoms with van der Waals surface area (Å²) in [5.41, 5.74) is 1.05. The van der Waals surface area contributed by atoms with Crippen molar-refractivity contribution >= 4 is 41.5 Å². The summed E-state index contributed by atoms with van der Waals surface area (Å²) in [5.74, 6) is 1.61. The van der Waals surface area contributed by atoms with Gasteiger partial charge in [0.2, 0.25) is 0 Å². The number of aliphatic imine (C=N–C) groups is 1. The third-order valence-corrected chi connectivity index (χ3v) is 5.10. The first-order valence-electron chi connectivity index (χ1n) is 9.57. The number of benzene rings is 1. The van der Waals surface area contributed by atoms with Crippen LogP contribution in [0.1, 0.15) is 31.2 Å². The summed E-state index contributed by atoms with van der Waals surface area (Å²) in [6.07, 6.45) is 1.67. The number of rotatable bonds is 6. The average molecular weight is 533 g/mol. The smallest absolute Gasteiger partial charge is 0.191 e. The summed E-state index contributed by atoms with van der Waals surface area (Å²) in [6, 6.07) is 12.1. The van der Waals surface area contributed by atoms with Crippen LogP contribution in [-0.2, 0) is 11.3 Å². The van der Waals surface area contributed by atoms with E-state index in [0.29, 0.717) is 6.54 Å². The Morgan fingerprint density at radius 1 is 1.24 bits per heavy atom. The molecule has 1 aromatic heterocycles. The van der Waals surface area contributed by atoms with Crippen molar-refractivity contribution < 1.29 is 9.15 Å². The van der Waals surface area contributed by atoms with Crippen molar-refractivity contribution in [2.24, 2.45) is 4.99 Å². The Morgan fingerprint density at radius 3 is 2.62 bits per heavy atom. The molecular formula is C21H30ClIN4O2. The molecule has 1 saturated heterocycles. The maximum atomic E-state index is 6.10. The first-order valence-corrected chi connectivity index (χ1v) is 9.95. The number of ether oxygens (including phenoxy) is 1. The van der Waals surface area contributed by atoms with Gasteiger partial charge in [-0.05, 0) is 43.7 Å². The van der Waals surface area contributed by atoms with E-state index in [-0.39, 0.29) is 35.6 Å². The molecule has 1 aromatic carbocycles. The molecule has 8 heteroatoms. The lowest BCUT2D eigenvalue weighted by molar-refractivity contribution is -0.0971. The fraction of sp³-hybridized carbons (Fsp3) is 0.476. The first-order chi connectivity index (χ1) is 13.5. The van der Waals surface area contributed by atoms with E-state index in [2.05, 4.69) is 46.5 Å². The predicted octanol–water partition coefficient (Wildman–Crippen LogP) is 4.07. The molecule has 2 N–H and O–H groups in total. The number of hydrogen-bond acceptors (Lipinski definition) is 4. The van der Waals surface area contributed by atoms with Gasteiger partial charge in [0.1, 0.15) is 5.76 Å². The highest BCUT2D eigenvalue weighted by molar-refractivity contribution is 14.0. The highest BCUT2D eigenvalue weighted by atomic mass is 127. The second kappa shape index (κ2) is 11.2. The SMILES string of the molecule is CN=C(NCc1ccco1)NCC(c1ccc(Cl)cc1)N1CCOC(C)(C)C1.I. The lowest BCUT2D eigenvalue weighted by Crippen LogP contribution is -2.52. The normalized spacial score (nSPS) is 18.0. The van der Waals surface area contributed by atoms with Gasteiger partial charge in [-0.25, -0.2) is 0 Å². The monoisotopic (exact) mass is 532 g/mol. The molecular weight excluding hydrogens is 503 g/mol. The molecule has 1 atom stereocenters. The molecule has 2 heterocycles. The van der Waals surface area contributed by atoms with E-state index < -0.39 is 0 Å². The zero-order valence-corrected chi connectivity index (χ0v) is 20.2. The predicted molar refractivity (Wildman–Crippen MR) is 128 cm³/mol. The first kappa shape index (κ1) is 24.0. The van der Waals surface area contributed by atoms with Gasteiger partial charge in [-0.15, -0.1) is 24.0 Å². The average Bonchev–Trinajstić information content (AvgIpc) is 3.18. The molecule has 0 amide bonds. The molecule has 2 aromatic rings. The molecule has 29 heavy (non-hydrogen) atoms. The Hall–Kier alpha value is -1.29. The second-order valence-electron chi connectivity index (χ2n) is 7.53. The van der Waals surface area contributed by atoms with E-state index in [4.69, 9.17) is 20.8 Å². The summed E-state index contributed by atoms with van der Waals surface area (Å²) in [4.78, 5) is 6.79. The maximum Gasteiger partial charge on any atom is 0.191 e. The van der Waals surface area contributed by atoms with Gasteiger partial charge in [-0.2, -0.15) is 0 Å². The van der Waals surface area contributed by atoms with Crippen molar-refractivity contribution in [2.75, 3.05) is 33.3 Å². The fourth-order valence-electron chi connectivity index (χ4n) is 3.46. The Labute approximate surface area is 195 Å². The van der Waals surface area contributed by atoms with Gasteiger partial charge in [0.15, 0.2) is 5.96 Å². The van der Waals surface area contributed by atoms with E-state index in [0.717, 1.165) is 43.0 Å². The van der Waals surface area contributed by atoms with Crippen LogP contribution >= 0.6 is 35.6 Å². The molecule has 3 rings (SSSR count). The van der Waals surface area contributed by atoms with Crippen LogP contribution in [-0.4, -0.2) is 49.7 Å². The molecule has 0 aliphatic carbocycles. The van der Waals surface area contributed by atoms with Crippen molar-refractivity contribution in [1.82, 2.24) is 15.5 Å². The van der Waals surface area contributed by atoms with E-state index in [1.807, 2.05) is 24.3 Å². The highest BCUT2D eigenvalue weighted by Gasteiger charge is 2.32. The number of nitrogens with one attached hydrogen (secondary N) is 2. The molecule has 1 unspecified atom stereocenters. The number of furan rings is 1. The summed E-state index contributed by atoms with van der Waals surface area (Å²) in [6.45, 7) is 8.04. The molecule has 0 bridgehead atoms. The summed E-state index contributed by atoms with van der Waals surface area (Å²) in [5, 5.41) is 7.48. The largest absolute Gasteiger partial charge is 0.467 e. The van der Waals surface area contributed by atoms with Gasteiger partial charge in [0, 0.05) is 31.7 Å². The van der Waals surface area contributed by atoms with Crippen molar-refractivity contribution in [2.45, 2.75) is 32.0 Å². The van der Waals surface area contributed by atoms with E-state index >= 15 is 0 Å². The maximum absolute atomic E-state index is 6.10. The van der Waals surface area contributed by atoms with Crippen LogP contribution in [0.3, 0.4) is 0 Å². The topological polar surface area (TPSA) is 62.0 Å². The lowest BCUT2D eigenvalue weighted by atomic mass is 10.0. The molecule has 0 radical (unpaired) electrons. The van der Waals surface area contributed by atoms with Gasteiger partial charge < -0.3 is 19.8 Å². The highest BCUT2D eigenvalue weighted by Crippen LogP contribution is 2.27. The van der Waals surface area contributed by atoms with Crippen LogP contribution in [0.25, 0.3) is 0 Å². The van der Waals surface area contributed by atoms with E-state index in [9.17, 15) is 0 Å². The van der Waals surface area contributed by atoms with Crippen molar-refractivity contribution in [3.05, 3.63) is 59.0 Å². The number of halogens is 2. The standard InChI is InChI=1S/C21H29ClN4O2.HI/c1-21(2)15-26(10-12-28-21)19(16-6-8-17(22)9-7-16)14-25-20(23-3)24-13-18-5-4-11-27-18;/h4-9,11,19H,10,12-15H2,1-3H3,(H2,23,24,25);1H. The second-order valence-corrected chi connectivity index (χ2v) is 7.97.